The number of aryl methyl sites for hydroxylation is 1. The highest BCUT2D eigenvalue weighted by Crippen LogP contribution is 2.27. The predicted molar refractivity (Wildman–Crippen MR) is 117 cm³/mol. The lowest BCUT2D eigenvalue weighted by Gasteiger charge is -2.15. The van der Waals surface area contributed by atoms with Gasteiger partial charge in [0, 0.05) is 0 Å². The van der Waals surface area contributed by atoms with Gasteiger partial charge in [-0.25, -0.2) is 4.79 Å². The monoisotopic (exact) mass is 400 g/mol. The highest BCUT2D eigenvalue weighted by molar-refractivity contribution is 5.90. The number of esters is 1. The second-order valence-corrected chi connectivity index (χ2v) is 8.45. The van der Waals surface area contributed by atoms with Gasteiger partial charge in [-0.05, 0) is 89.7 Å². The Hall–Kier alpha value is -2.23. The molecule has 2 heterocycles. The molecule has 0 saturated heterocycles. The average Bonchev–Trinajstić information content (AvgIpc) is 3.27. The molecule has 0 amide bonds. The Morgan fingerprint density at radius 2 is 1.93 bits per heavy atom. The van der Waals surface area contributed by atoms with E-state index in [1.807, 2.05) is 12.3 Å². The van der Waals surface area contributed by atoms with Gasteiger partial charge in [-0.2, -0.15) is 0 Å². The van der Waals surface area contributed by atoms with Gasteiger partial charge in [0.15, 0.2) is 6.10 Å². The van der Waals surface area contributed by atoms with Crippen LogP contribution in [0.3, 0.4) is 0 Å². The Labute approximate surface area is 175 Å². The summed E-state index contributed by atoms with van der Waals surface area (Å²) in [4.78, 5) is 11.5. The molecule has 2 rings (SSSR count). The maximum absolute atomic E-state index is 11.5. The molecule has 0 radical (unpaired) electrons. The van der Waals surface area contributed by atoms with Crippen molar-refractivity contribution in [3.05, 3.63) is 58.8 Å². The van der Waals surface area contributed by atoms with Crippen LogP contribution in [0.15, 0.2) is 57.6 Å². The molecule has 0 bridgehead atoms. The molecule has 4 heteroatoms. The molecular weight excluding hydrogens is 364 g/mol. The summed E-state index contributed by atoms with van der Waals surface area (Å²) in [5.74, 6) is 0.114. The Bertz CT molecular complexity index is 737. The second kappa shape index (κ2) is 11.7. The van der Waals surface area contributed by atoms with Crippen LogP contribution in [0.2, 0.25) is 0 Å². The van der Waals surface area contributed by atoms with E-state index in [0.29, 0.717) is 17.9 Å². The van der Waals surface area contributed by atoms with Gasteiger partial charge < -0.3 is 14.3 Å². The average molecular weight is 401 g/mol. The zero-order chi connectivity index (χ0) is 21.2. The van der Waals surface area contributed by atoms with Crippen LogP contribution in [0.4, 0.5) is 0 Å². The standard InChI is InChI=1S/C25H36O4/c1-18(8-5-9-19(2)11-7-13-22-14-15-28-17-22)10-6-12-20(3)16-23-24(26)21(4)25(27)29-23/h9-10,14-15,17,20,23,26H,5-8,11-13,16H2,1-4H3/b18-10+,19-9+/t20-,23-/m1/s1. The molecule has 0 aliphatic carbocycles. The topological polar surface area (TPSA) is 59.7 Å². The van der Waals surface area contributed by atoms with Crippen LogP contribution >= 0.6 is 0 Å². The Morgan fingerprint density at radius 1 is 1.21 bits per heavy atom. The number of hydrogen-bond acceptors (Lipinski definition) is 4. The first-order valence-corrected chi connectivity index (χ1v) is 10.8. The molecule has 1 aliphatic heterocycles. The molecule has 2 atom stereocenters. The molecule has 0 spiro atoms. The summed E-state index contributed by atoms with van der Waals surface area (Å²) in [6.45, 7) is 8.18. The summed E-state index contributed by atoms with van der Waals surface area (Å²) < 4.78 is 10.3. The fraction of sp³-hybridized carbons (Fsp3) is 0.560. The van der Waals surface area contributed by atoms with Gasteiger partial charge in [0.25, 0.3) is 0 Å². The van der Waals surface area contributed by atoms with Gasteiger partial charge in [-0.1, -0.05) is 30.2 Å². The number of furan rings is 1. The number of ether oxygens (including phenoxy) is 1. The summed E-state index contributed by atoms with van der Waals surface area (Å²) in [6, 6.07) is 2.04. The number of aliphatic hydroxyl groups excluding tert-OH is 1. The first-order valence-electron chi connectivity index (χ1n) is 10.8. The Morgan fingerprint density at radius 3 is 2.59 bits per heavy atom. The minimum absolute atomic E-state index is 0.112. The van der Waals surface area contributed by atoms with E-state index in [2.05, 4.69) is 32.9 Å². The highest BCUT2D eigenvalue weighted by Gasteiger charge is 2.32. The summed E-state index contributed by atoms with van der Waals surface area (Å²) in [5, 5.41) is 9.95. The first kappa shape index (κ1) is 23.1. The lowest BCUT2D eigenvalue weighted by Crippen LogP contribution is -2.15. The minimum Gasteiger partial charge on any atom is -0.508 e. The SMILES string of the molecule is CC1=C(O)[C@@H](C[C@H](C)CC/C=C(\C)CC/C=C(\C)CCCc2ccoc2)OC1=O. The number of allylic oxidation sites excluding steroid dienone is 4. The molecule has 1 aromatic heterocycles. The van der Waals surface area contributed by atoms with Crippen molar-refractivity contribution in [1.29, 1.82) is 0 Å². The smallest absolute Gasteiger partial charge is 0.337 e. The number of cyclic esters (lactones) is 1. The van der Waals surface area contributed by atoms with Crippen molar-refractivity contribution in [2.45, 2.75) is 85.2 Å². The van der Waals surface area contributed by atoms with E-state index < -0.39 is 6.10 Å². The third-order valence-corrected chi connectivity index (χ3v) is 5.66. The number of hydrogen-bond donors (Lipinski definition) is 1. The van der Waals surface area contributed by atoms with E-state index in [0.717, 1.165) is 44.9 Å². The van der Waals surface area contributed by atoms with Crippen molar-refractivity contribution in [2.75, 3.05) is 0 Å². The molecule has 1 aliphatic rings. The van der Waals surface area contributed by atoms with Crippen LogP contribution in [0.25, 0.3) is 0 Å². The van der Waals surface area contributed by atoms with Crippen LogP contribution in [0.5, 0.6) is 0 Å². The van der Waals surface area contributed by atoms with E-state index in [9.17, 15) is 9.90 Å². The van der Waals surface area contributed by atoms with Crippen molar-refractivity contribution in [3.63, 3.8) is 0 Å². The minimum atomic E-state index is -0.454. The van der Waals surface area contributed by atoms with Crippen molar-refractivity contribution in [2.24, 2.45) is 5.92 Å². The summed E-state index contributed by atoms with van der Waals surface area (Å²) in [6.07, 6.45) is 16.1. The van der Waals surface area contributed by atoms with E-state index in [-0.39, 0.29) is 11.7 Å². The molecule has 29 heavy (non-hydrogen) atoms. The van der Waals surface area contributed by atoms with Gasteiger partial charge in [0.1, 0.15) is 5.76 Å². The molecule has 1 aromatic rings. The van der Waals surface area contributed by atoms with E-state index in [1.165, 1.54) is 16.7 Å². The van der Waals surface area contributed by atoms with Crippen molar-refractivity contribution < 1.29 is 19.1 Å². The zero-order valence-corrected chi connectivity index (χ0v) is 18.4. The van der Waals surface area contributed by atoms with Crippen LogP contribution in [0, 0.1) is 5.92 Å². The molecule has 0 fully saturated rings. The molecule has 4 nitrogen and oxygen atoms in total. The highest BCUT2D eigenvalue weighted by atomic mass is 16.6. The molecule has 0 saturated carbocycles. The van der Waals surface area contributed by atoms with Gasteiger partial charge in [0.05, 0.1) is 18.1 Å². The third-order valence-electron chi connectivity index (χ3n) is 5.66. The third kappa shape index (κ3) is 7.96. The van der Waals surface area contributed by atoms with Crippen LogP contribution < -0.4 is 0 Å². The first-order chi connectivity index (χ1) is 13.9. The zero-order valence-electron chi connectivity index (χ0n) is 18.4. The van der Waals surface area contributed by atoms with E-state index >= 15 is 0 Å². The molecule has 0 aromatic carbocycles. The number of carbonyl (C=O) groups is 1. The van der Waals surface area contributed by atoms with E-state index in [4.69, 9.17) is 9.15 Å². The number of aliphatic hydroxyl groups is 1. The van der Waals surface area contributed by atoms with Crippen molar-refractivity contribution in [3.8, 4) is 0 Å². The predicted octanol–water partition coefficient (Wildman–Crippen LogP) is 6.84. The number of rotatable bonds is 12. The van der Waals surface area contributed by atoms with Gasteiger partial charge in [0.2, 0.25) is 0 Å². The summed E-state index contributed by atoms with van der Waals surface area (Å²) >= 11 is 0. The fourth-order valence-electron chi connectivity index (χ4n) is 3.63. The summed E-state index contributed by atoms with van der Waals surface area (Å²) in [7, 11) is 0. The second-order valence-electron chi connectivity index (χ2n) is 8.45. The number of carbonyl (C=O) groups excluding carboxylic acids is 1. The quantitative estimate of drug-likeness (QED) is 0.308. The van der Waals surface area contributed by atoms with Gasteiger partial charge in [-0.15, -0.1) is 0 Å². The van der Waals surface area contributed by atoms with E-state index in [1.54, 1.807) is 13.2 Å². The largest absolute Gasteiger partial charge is 0.508 e. The molecule has 1 N–H and O–H groups in total. The van der Waals surface area contributed by atoms with Crippen LogP contribution in [-0.4, -0.2) is 17.2 Å². The van der Waals surface area contributed by atoms with Gasteiger partial charge >= 0.3 is 5.97 Å². The lowest BCUT2D eigenvalue weighted by atomic mass is 9.96. The molecule has 0 unspecified atom stereocenters. The van der Waals surface area contributed by atoms with Crippen LogP contribution in [-0.2, 0) is 16.0 Å². The Kier molecular flexibility index (Phi) is 9.30. The Balaban J connectivity index is 1.60. The molecular formula is C25H36O4. The van der Waals surface area contributed by atoms with Crippen molar-refractivity contribution in [1.82, 2.24) is 0 Å². The summed E-state index contributed by atoms with van der Waals surface area (Å²) in [5.41, 5.74) is 4.51. The van der Waals surface area contributed by atoms with Gasteiger partial charge in [-0.3, -0.25) is 0 Å². The van der Waals surface area contributed by atoms with Crippen molar-refractivity contribution >= 4 is 5.97 Å². The lowest BCUT2D eigenvalue weighted by molar-refractivity contribution is -0.140. The van der Waals surface area contributed by atoms with Crippen LogP contribution in [0.1, 0.15) is 78.2 Å². The molecule has 160 valence electrons. The fourth-order valence-corrected chi connectivity index (χ4v) is 3.63. The maximum Gasteiger partial charge on any atom is 0.337 e. The maximum atomic E-state index is 11.5. The normalized spacial score (nSPS) is 19.0.